The summed E-state index contributed by atoms with van der Waals surface area (Å²) in [7, 11) is 6.09. The minimum absolute atomic E-state index is 0.251. The number of piperidine rings is 1. The Balaban J connectivity index is 2.10. The Bertz CT molecular complexity index is 507. The van der Waals surface area contributed by atoms with E-state index in [1.807, 2.05) is 25.6 Å². The summed E-state index contributed by atoms with van der Waals surface area (Å²) >= 11 is 0. The first-order valence-electron chi connectivity index (χ1n) is 7.83. The predicted octanol–water partition coefficient (Wildman–Crippen LogP) is 1.52. The molecule has 1 amide bonds. The van der Waals surface area contributed by atoms with Crippen LogP contribution in [0.25, 0.3) is 0 Å². The van der Waals surface area contributed by atoms with Crippen LogP contribution in [0.2, 0.25) is 0 Å². The lowest BCUT2D eigenvalue weighted by atomic mass is 10.00. The van der Waals surface area contributed by atoms with E-state index in [1.165, 1.54) is 6.42 Å². The van der Waals surface area contributed by atoms with Gasteiger partial charge >= 0.3 is 0 Å². The standard InChI is InChI=1S/C16H28N4O/c1-12-15(13(2)19(5)17-12)10-16(21)20-9-7-6-8-14(20)11-18(3)4/h14H,6-11H2,1-5H3. The molecule has 0 saturated carbocycles. The molecule has 1 saturated heterocycles. The van der Waals surface area contributed by atoms with Gasteiger partial charge in [0.15, 0.2) is 0 Å². The number of amides is 1. The third-order valence-corrected chi connectivity index (χ3v) is 4.51. The van der Waals surface area contributed by atoms with Crippen molar-refractivity contribution in [2.45, 2.75) is 45.6 Å². The van der Waals surface area contributed by atoms with E-state index >= 15 is 0 Å². The molecule has 1 aliphatic heterocycles. The molecule has 5 nitrogen and oxygen atoms in total. The Labute approximate surface area is 127 Å². The van der Waals surface area contributed by atoms with E-state index in [0.717, 1.165) is 42.9 Å². The number of hydrogen-bond donors (Lipinski definition) is 0. The summed E-state index contributed by atoms with van der Waals surface area (Å²) in [6.45, 7) is 5.88. The lowest BCUT2D eigenvalue weighted by Crippen LogP contribution is -2.48. The maximum atomic E-state index is 12.7. The molecule has 1 atom stereocenters. The van der Waals surface area contributed by atoms with Crippen LogP contribution in [0.5, 0.6) is 0 Å². The van der Waals surface area contributed by atoms with Gasteiger partial charge in [-0.2, -0.15) is 5.10 Å². The van der Waals surface area contributed by atoms with Crippen LogP contribution in [-0.2, 0) is 18.3 Å². The smallest absolute Gasteiger partial charge is 0.227 e. The molecule has 0 aliphatic carbocycles. The molecule has 2 rings (SSSR count). The largest absolute Gasteiger partial charge is 0.338 e. The fraction of sp³-hybridized carbons (Fsp3) is 0.750. The van der Waals surface area contributed by atoms with E-state index in [0.29, 0.717) is 12.5 Å². The Morgan fingerprint density at radius 1 is 1.33 bits per heavy atom. The normalized spacial score (nSPS) is 19.3. The summed E-state index contributed by atoms with van der Waals surface area (Å²) in [5.74, 6) is 0.251. The SMILES string of the molecule is Cc1nn(C)c(C)c1CC(=O)N1CCCCC1CN(C)C. The van der Waals surface area contributed by atoms with Crippen LogP contribution in [0, 0.1) is 13.8 Å². The van der Waals surface area contributed by atoms with Gasteiger partial charge in [0.05, 0.1) is 12.1 Å². The van der Waals surface area contributed by atoms with Gasteiger partial charge in [-0.1, -0.05) is 0 Å². The molecule has 0 aromatic carbocycles. The number of aryl methyl sites for hydroxylation is 2. The average molecular weight is 292 g/mol. The summed E-state index contributed by atoms with van der Waals surface area (Å²) in [6, 6.07) is 0.360. The first kappa shape index (κ1) is 16.0. The van der Waals surface area contributed by atoms with Crippen LogP contribution in [-0.4, -0.2) is 58.7 Å². The first-order valence-corrected chi connectivity index (χ1v) is 7.83. The minimum Gasteiger partial charge on any atom is -0.338 e. The monoisotopic (exact) mass is 292 g/mol. The Kier molecular flexibility index (Phi) is 5.04. The Morgan fingerprint density at radius 2 is 2.05 bits per heavy atom. The third-order valence-electron chi connectivity index (χ3n) is 4.51. The van der Waals surface area contributed by atoms with Crippen molar-refractivity contribution >= 4 is 5.91 Å². The van der Waals surface area contributed by atoms with Crippen molar-refractivity contribution in [2.24, 2.45) is 7.05 Å². The molecular formula is C16H28N4O. The van der Waals surface area contributed by atoms with Crippen molar-refractivity contribution in [3.05, 3.63) is 17.0 Å². The van der Waals surface area contributed by atoms with Crippen molar-refractivity contribution in [2.75, 3.05) is 27.2 Å². The molecule has 0 spiro atoms. The highest BCUT2D eigenvalue weighted by atomic mass is 16.2. The Morgan fingerprint density at radius 3 is 2.62 bits per heavy atom. The number of likely N-dealkylation sites (tertiary alicyclic amines) is 1. The predicted molar refractivity (Wildman–Crippen MR) is 84.3 cm³/mol. The fourth-order valence-electron chi connectivity index (χ4n) is 3.27. The lowest BCUT2D eigenvalue weighted by Gasteiger charge is -2.37. The summed E-state index contributed by atoms with van der Waals surface area (Å²) < 4.78 is 1.87. The molecule has 0 bridgehead atoms. The maximum absolute atomic E-state index is 12.7. The van der Waals surface area contributed by atoms with Crippen LogP contribution in [0.15, 0.2) is 0 Å². The van der Waals surface area contributed by atoms with Gasteiger partial charge in [0.25, 0.3) is 0 Å². The van der Waals surface area contributed by atoms with Crippen LogP contribution in [0.1, 0.15) is 36.2 Å². The molecule has 1 aliphatic rings. The molecule has 2 heterocycles. The number of nitrogens with zero attached hydrogens (tertiary/aromatic N) is 4. The van der Waals surface area contributed by atoms with Crippen LogP contribution >= 0.6 is 0 Å². The second kappa shape index (κ2) is 6.60. The molecule has 21 heavy (non-hydrogen) atoms. The van der Waals surface area contributed by atoms with Crippen molar-refractivity contribution in [3.63, 3.8) is 0 Å². The number of carbonyl (C=O) groups is 1. The minimum atomic E-state index is 0.251. The second-order valence-corrected chi connectivity index (χ2v) is 6.45. The van der Waals surface area contributed by atoms with Crippen molar-refractivity contribution in [1.29, 1.82) is 0 Å². The molecule has 0 radical (unpaired) electrons. The van der Waals surface area contributed by atoms with Crippen molar-refractivity contribution < 1.29 is 4.79 Å². The average Bonchev–Trinajstić information content (AvgIpc) is 2.65. The summed E-state index contributed by atoms with van der Waals surface area (Å²) in [4.78, 5) is 17.0. The quantitative estimate of drug-likeness (QED) is 0.845. The van der Waals surface area contributed by atoms with Crippen LogP contribution in [0.4, 0.5) is 0 Å². The molecule has 0 N–H and O–H groups in total. The summed E-state index contributed by atoms with van der Waals surface area (Å²) in [5.41, 5.74) is 3.17. The molecule has 5 heteroatoms. The first-order chi connectivity index (χ1) is 9.90. The highest BCUT2D eigenvalue weighted by molar-refractivity contribution is 5.79. The summed E-state index contributed by atoms with van der Waals surface area (Å²) in [5, 5.41) is 4.41. The molecule has 1 aromatic rings. The Hall–Kier alpha value is -1.36. The van der Waals surface area contributed by atoms with Gasteiger partial charge in [-0.3, -0.25) is 9.48 Å². The summed E-state index contributed by atoms with van der Waals surface area (Å²) in [6.07, 6.45) is 3.96. The zero-order valence-electron chi connectivity index (χ0n) is 14.0. The van der Waals surface area contributed by atoms with Crippen molar-refractivity contribution in [3.8, 4) is 0 Å². The van der Waals surface area contributed by atoms with Crippen LogP contribution < -0.4 is 0 Å². The third kappa shape index (κ3) is 3.64. The fourth-order valence-corrected chi connectivity index (χ4v) is 3.27. The molecule has 1 aromatic heterocycles. The topological polar surface area (TPSA) is 41.4 Å². The second-order valence-electron chi connectivity index (χ2n) is 6.45. The highest BCUT2D eigenvalue weighted by Crippen LogP contribution is 2.20. The molecular weight excluding hydrogens is 264 g/mol. The van der Waals surface area contributed by atoms with E-state index in [-0.39, 0.29) is 5.91 Å². The van der Waals surface area contributed by atoms with E-state index in [9.17, 15) is 4.79 Å². The highest BCUT2D eigenvalue weighted by Gasteiger charge is 2.28. The number of hydrogen-bond acceptors (Lipinski definition) is 3. The van der Waals surface area contributed by atoms with Gasteiger partial charge < -0.3 is 9.80 Å². The molecule has 1 unspecified atom stereocenters. The molecule has 118 valence electrons. The van der Waals surface area contributed by atoms with Gasteiger partial charge in [0.1, 0.15) is 0 Å². The van der Waals surface area contributed by atoms with Crippen molar-refractivity contribution in [1.82, 2.24) is 19.6 Å². The van der Waals surface area contributed by atoms with E-state index < -0.39 is 0 Å². The number of carbonyl (C=O) groups excluding carboxylic acids is 1. The number of rotatable bonds is 4. The van der Waals surface area contributed by atoms with Crippen LogP contribution in [0.3, 0.4) is 0 Å². The van der Waals surface area contributed by atoms with Gasteiger partial charge in [-0.25, -0.2) is 0 Å². The number of aromatic nitrogens is 2. The van der Waals surface area contributed by atoms with Gasteiger partial charge in [0, 0.05) is 37.4 Å². The molecule has 1 fully saturated rings. The number of likely N-dealkylation sites (N-methyl/N-ethyl adjacent to an activating group) is 1. The van der Waals surface area contributed by atoms with E-state index in [4.69, 9.17) is 0 Å². The lowest BCUT2D eigenvalue weighted by molar-refractivity contribution is -0.134. The van der Waals surface area contributed by atoms with E-state index in [1.54, 1.807) is 0 Å². The van der Waals surface area contributed by atoms with Gasteiger partial charge in [-0.15, -0.1) is 0 Å². The zero-order chi connectivity index (χ0) is 15.6. The van der Waals surface area contributed by atoms with Gasteiger partial charge in [0.2, 0.25) is 5.91 Å². The van der Waals surface area contributed by atoms with Gasteiger partial charge in [-0.05, 0) is 47.2 Å². The zero-order valence-corrected chi connectivity index (χ0v) is 14.0. The maximum Gasteiger partial charge on any atom is 0.227 e. The van der Waals surface area contributed by atoms with E-state index in [2.05, 4.69) is 29.0 Å².